The second-order valence-electron chi connectivity index (χ2n) is 6.29. The Labute approximate surface area is 133 Å². The van der Waals surface area contributed by atoms with Gasteiger partial charge in [-0.05, 0) is 27.7 Å². The maximum atomic E-state index is 12.3. The van der Waals surface area contributed by atoms with Gasteiger partial charge in [-0.3, -0.25) is 4.79 Å². The molecule has 1 aliphatic rings. The van der Waals surface area contributed by atoms with Crippen LogP contribution in [0.5, 0.6) is 0 Å². The fourth-order valence-corrected chi connectivity index (χ4v) is 2.71. The van der Waals surface area contributed by atoms with Crippen LogP contribution in [0.4, 0.5) is 4.79 Å². The number of Topliss-reactive ketones (excluding diaryl/α,β-unsaturated/α-hetero) is 1. The van der Waals surface area contributed by atoms with E-state index in [0.717, 1.165) is 0 Å². The summed E-state index contributed by atoms with van der Waals surface area (Å²) in [6.07, 6.45) is -0.334. The van der Waals surface area contributed by atoms with Crippen molar-refractivity contribution >= 4 is 29.0 Å². The van der Waals surface area contributed by atoms with E-state index in [-0.39, 0.29) is 36.1 Å². The lowest BCUT2D eigenvalue weighted by Gasteiger charge is -2.35. The van der Waals surface area contributed by atoms with Crippen molar-refractivity contribution in [1.29, 1.82) is 0 Å². The van der Waals surface area contributed by atoms with Crippen LogP contribution < -0.4 is 0 Å². The highest BCUT2D eigenvalue weighted by molar-refractivity contribution is 7.07. The van der Waals surface area contributed by atoms with E-state index in [1.54, 1.807) is 38.6 Å². The van der Waals surface area contributed by atoms with Crippen molar-refractivity contribution in [3.05, 3.63) is 22.2 Å². The van der Waals surface area contributed by atoms with Crippen molar-refractivity contribution in [2.24, 2.45) is 0 Å². The van der Waals surface area contributed by atoms with Crippen molar-refractivity contribution in [1.82, 2.24) is 9.88 Å². The first-order chi connectivity index (χ1) is 10.2. The normalized spacial score (nSPS) is 21.7. The number of aromatic nitrogens is 1. The molecule has 0 saturated carbocycles. The molecule has 7 heteroatoms. The highest BCUT2D eigenvalue weighted by Crippen LogP contribution is 2.26. The number of aliphatic hydroxyl groups is 1. The maximum Gasteiger partial charge on any atom is 0.410 e. The molecule has 120 valence electrons. The average molecular weight is 324 g/mol. The van der Waals surface area contributed by atoms with E-state index in [4.69, 9.17) is 4.74 Å². The Morgan fingerprint density at radius 3 is 2.73 bits per heavy atom. The number of amides is 1. The summed E-state index contributed by atoms with van der Waals surface area (Å²) in [5.74, 6) is -0.329. The van der Waals surface area contributed by atoms with E-state index >= 15 is 0 Å². The van der Waals surface area contributed by atoms with E-state index in [9.17, 15) is 14.7 Å². The Morgan fingerprint density at radius 1 is 1.50 bits per heavy atom. The van der Waals surface area contributed by atoms with Crippen LogP contribution in [0.1, 0.15) is 39.8 Å². The van der Waals surface area contributed by atoms with Crippen LogP contribution in [0.25, 0.3) is 5.76 Å². The first kappa shape index (κ1) is 16.5. The number of hydrogen-bond acceptors (Lipinski definition) is 6. The number of hydrogen-bond donors (Lipinski definition) is 1. The Bertz CT molecular complexity index is 602. The molecule has 22 heavy (non-hydrogen) atoms. The Balaban J connectivity index is 2.26. The Morgan fingerprint density at radius 2 is 2.18 bits per heavy atom. The third-order valence-electron chi connectivity index (χ3n) is 3.27. The van der Waals surface area contributed by atoms with Gasteiger partial charge in [-0.25, -0.2) is 9.78 Å². The second kappa shape index (κ2) is 6.08. The fraction of sp³-hybridized carbons (Fsp3) is 0.533. The summed E-state index contributed by atoms with van der Waals surface area (Å²) < 4.78 is 5.36. The maximum absolute atomic E-state index is 12.3. The van der Waals surface area contributed by atoms with Crippen molar-refractivity contribution in [2.75, 3.05) is 6.54 Å². The molecular formula is C15H20N2O4S. The molecule has 0 spiro atoms. The zero-order chi connectivity index (χ0) is 16.5. The topological polar surface area (TPSA) is 79.7 Å². The molecule has 1 atom stereocenters. The van der Waals surface area contributed by atoms with Crippen LogP contribution in [-0.2, 0) is 9.53 Å². The lowest BCUT2D eigenvalue weighted by molar-refractivity contribution is -0.118. The van der Waals surface area contributed by atoms with E-state index in [1.807, 2.05) is 0 Å². The number of ether oxygens (including phenoxy) is 1. The summed E-state index contributed by atoms with van der Waals surface area (Å²) in [6.45, 7) is 7.17. The highest BCUT2D eigenvalue weighted by atomic mass is 32.1. The molecule has 2 rings (SSSR count). The molecule has 0 bridgehead atoms. The fourth-order valence-electron chi connectivity index (χ4n) is 2.17. The van der Waals surface area contributed by atoms with Crippen molar-refractivity contribution in [2.45, 2.75) is 45.8 Å². The van der Waals surface area contributed by atoms with Crippen LogP contribution in [0.3, 0.4) is 0 Å². The molecule has 0 radical (unpaired) electrons. The molecule has 1 amide bonds. The number of carbonyl (C=O) groups excluding carboxylic acids is 2. The first-order valence-corrected chi connectivity index (χ1v) is 7.97. The van der Waals surface area contributed by atoms with Gasteiger partial charge < -0.3 is 14.7 Å². The minimum atomic E-state index is -0.612. The SMILES string of the molecule is CC1CC(=O)/C(=C(/O)c2cscn2)CN1C(=O)OC(C)(C)C. The van der Waals surface area contributed by atoms with E-state index in [2.05, 4.69) is 4.98 Å². The van der Waals surface area contributed by atoms with Gasteiger partial charge in [0.1, 0.15) is 11.3 Å². The van der Waals surface area contributed by atoms with Crippen molar-refractivity contribution < 1.29 is 19.4 Å². The number of likely N-dealkylation sites (tertiary alicyclic amines) is 1. The summed E-state index contributed by atoms with van der Waals surface area (Å²) in [5.41, 5.74) is 1.52. The van der Waals surface area contributed by atoms with Crippen LogP contribution in [-0.4, -0.2) is 45.1 Å². The predicted octanol–water partition coefficient (Wildman–Crippen LogP) is 3.01. The van der Waals surface area contributed by atoms with Crippen LogP contribution in [0, 0.1) is 0 Å². The predicted molar refractivity (Wildman–Crippen MR) is 83.7 cm³/mol. The molecule has 1 aromatic heterocycles. The number of rotatable bonds is 1. The molecule has 1 saturated heterocycles. The highest BCUT2D eigenvalue weighted by Gasteiger charge is 2.35. The van der Waals surface area contributed by atoms with E-state index in [1.165, 1.54) is 16.2 Å². The van der Waals surface area contributed by atoms with Gasteiger partial charge in [0.2, 0.25) is 0 Å². The third-order valence-corrected chi connectivity index (χ3v) is 3.85. The summed E-state index contributed by atoms with van der Waals surface area (Å²) in [5, 5.41) is 11.9. The van der Waals surface area contributed by atoms with Gasteiger partial charge in [0.15, 0.2) is 11.5 Å². The molecule has 1 unspecified atom stereocenters. The number of aliphatic hydroxyl groups excluding tert-OH is 1. The second-order valence-corrected chi connectivity index (χ2v) is 7.00. The number of carbonyl (C=O) groups is 2. The molecule has 1 aliphatic heterocycles. The van der Waals surface area contributed by atoms with Gasteiger partial charge in [0.25, 0.3) is 0 Å². The summed E-state index contributed by atoms with van der Waals surface area (Å²) in [4.78, 5) is 29.9. The summed E-state index contributed by atoms with van der Waals surface area (Å²) in [7, 11) is 0. The van der Waals surface area contributed by atoms with Crippen LogP contribution >= 0.6 is 11.3 Å². The Hall–Kier alpha value is -1.89. The lowest BCUT2D eigenvalue weighted by atomic mass is 9.96. The number of thiazole rings is 1. The van der Waals surface area contributed by atoms with E-state index < -0.39 is 11.7 Å². The lowest BCUT2D eigenvalue weighted by Crippen LogP contribution is -2.48. The van der Waals surface area contributed by atoms with Gasteiger partial charge in [-0.15, -0.1) is 11.3 Å². The van der Waals surface area contributed by atoms with Gasteiger partial charge in [-0.2, -0.15) is 0 Å². The number of ketones is 1. The Kier molecular flexibility index (Phi) is 4.55. The van der Waals surface area contributed by atoms with Gasteiger partial charge in [-0.1, -0.05) is 0 Å². The quantitative estimate of drug-likeness (QED) is 0.634. The molecule has 1 aromatic rings. The van der Waals surface area contributed by atoms with Crippen LogP contribution in [0.2, 0.25) is 0 Å². The molecule has 6 nitrogen and oxygen atoms in total. The standard InChI is InChI=1S/C15H20N2O4S/c1-9-5-12(18)10(13(19)11-7-22-8-16-11)6-17(9)14(20)21-15(2,3)4/h7-9,19H,5-6H2,1-4H3/b13-10+. The molecule has 0 aromatic carbocycles. The molecule has 1 fully saturated rings. The third kappa shape index (κ3) is 3.65. The van der Waals surface area contributed by atoms with Crippen molar-refractivity contribution in [3.8, 4) is 0 Å². The summed E-state index contributed by atoms with van der Waals surface area (Å²) in [6, 6.07) is -0.269. The summed E-state index contributed by atoms with van der Waals surface area (Å²) >= 11 is 1.33. The monoisotopic (exact) mass is 324 g/mol. The largest absolute Gasteiger partial charge is 0.505 e. The smallest absolute Gasteiger partial charge is 0.410 e. The average Bonchev–Trinajstić information content (AvgIpc) is 2.89. The van der Waals surface area contributed by atoms with Crippen LogP contribution in [0.15, 0.2) is 16.5 Å². The van der Waals surface area contributed by atoms with Gasteiger partial charge in [0, 0.05) is 17.8 Å². The van der Waals surface area contributed by atoms with E-state index in [0.29, 0.717) is 5.69 Å². The molecule has 2 heterocycles. The first-order valence-electron chi connectivity index (χ1n) is 7.02. The van der Waals surface area contributed by atoms with Crippen molar-refractivity contribution in [3.63, 3.8) is 0 Å². The number of piperidine rings is 1. The van der Waals surface area contributed by atoms with Gasteiger partial charge >= 0.3 is 6.09 Å². The zero-order valence-corrected chi connectivity index (χ0v) is 13.9. The molecule has 0 aliphatic carbocycles. The minimum absolute atomic E-state index is 0.0261. The molecular weight excluding hydrogens is 304 g/mol. The molecule has 1 N–H and O–H groups in total. The van der Waals surface area contributed by atoms with Gasteiger partial charge in [0.05, 0.1) is 17.6 Å². The zero-order valence-electron chi connectivity index (χ0n) is 13.1. The number of nitrogens with zero attached hydrogens (tertiary/aromatic N) is 2. The minimum Gasteiger partial charge on any atom is -0.505 e.